The second-order valence-electron chi connectivity index (χ2n) is 5.26. The highest BCUT2D eigenvalue weighted by Crippen LogP contribution is 2.25. The number of nitrogens with one attached hydrogen (secondary N) is 2. The van der Waals surface area contributed by atoms with Crippen LogP contribution in [0.2, 0.25) is 5.02 Å². The number of allylic oxidation sites excluding steroid dienone is 3. The first-order chi connectivity index (χ1) is 12.1. The van der Waals surface area contributed by atoms with Crippen LogP contribution in [-0.4, -0.2) is 18.7 Å². The van der Waals surface area contributed by atoms with Crippen molar-refractivity contribution in [3.05, 3.63) is 83.1 Å². The lowest BCUT2D eigenvalue weighted by Crippen LogP contribution is -2.18. The minimum absolute atomic E-state index is 0.139. The maximum atomic E-state index is 12.1. The summed E-state index contributed by atoms with van der Waals surface area (Å²) >= 11 is 6.10. The molecule has 0 fully saturated rings. The van der Waals surface area contributed by atoms with Crippen LogP contribution in [0.5, 0.6) is 0 Å². The van der Waals surface area contributed by atoms with Crippen LogP contribution in [0.15, 0.2) is 66.9 Å². The van der Waals surface area contributed by atoms with Crippen LogP contribution in [0.1, 0.15) is 11.1 Å². The molecule has 128 valence electrons. The lowest BCUT2D eigenvalue weighted by atomic mass is 10.1. The number of halogens is 1. The molecule has 0 heterocycles. The van der Waals surface area contributed by atoms with E-state index in [-0.39, 0.29) is 12.5 Å². The Labute approximate surface area is 152 Å². The zero-order valence-corrected chi connectivity index (χ0v) is 14.6. The fourth-order valence-electron chi connectivity index (χ4n) is 2.16. The van der Waals surface area contributed by atoms with Crippen LogP contribution in [0, 0.1) is 12.3 Å². The van der Waals surface area contributed by atoms with E-state index in [0.717, 1.165) is 16.7 Å². The summed E-state index contributed by atoms with van der Waals surface area (Å²) in [4.78, 5) is 12.1. The highest BCUT2D eigenvalue weighted by molar-refractivity contribution is 6.33. The first kappa shape index (κ1) is 18.5. The van der Waals surface area contributed by atoms with Gasteiger partial charge in [0.1, 0.15) is 0 Å². The molecule has 4 nitrogen and oxygen atoms in total. The summed E-state index contributed by atoms with van der Waals surface area (Å²) in [6.07, 6.45) is 6.03. The number of anilines is 1. The van der Waals surface area contributed by atoms with E-state index in [9.17, 15) is 4.79 Å². The Morgan fingerprint density at radius 1 is 1.20 bits per heavy atom. The van der Waals surface area contributed by atoms with E-state index in [2.05, 4.69) is 5.32 Å². The molecule has 0 aromatic heterocycles. The van der Waals surface area contributed by atoms with Crippen LogP contribution in [-0.2, 0) is 9.53 Å². The molecule has 1 amide bonds. The minimum atomic E-state index is -0.295. The van der Waals surface area contributed by atoms with E-state index in [1.165, 1.54) is 12.5 Å². The molecule has 0 aliphatic rings. The molecule has 0 spiro atoms. The molecule has 0 saturated heterocycles. The lowest BCUT2D eigenvalue weighted by Gasteiger charge is -2.10. The average molecular weight is 355 g/mol. The van der Waals surface area contributed by atoms with Crippen LogP contribution in [0.25, 0.3) is 5.57 Å². The molecule has 2 N–H and O–H groups in total. The van der Waals surface area contributed by atoms with Crippen molar-refractivity contribution in [2.75, 3.05) is 11.9 Å². The molecule has 2 aromatic rings. The Kier molecular flexibility index (Phi) is 6.99. The van der Waals surface area contributed by atoms with Crippen molar-refractivity contribution >= 4 is 35.0 Å². The number of hydrogen-bond acceptors (Lipinski definition) is 3. The number of rotatable bonds is 7. The molecule has 0 atom stereocenters. The normalized spacial score (nSPS) is 11.4. The Hall–Kier alpha value is -2.85. The summed E-state index contributed by atoms with van der Waals surface area (Å²) in [5.74, 6) is -0.295. The summed E-state index contributed by atoms with van der Waals surface area (Å²) in [6, 6.07) is 15.0. The van der Waals surface area contributed by atoms with Gasteiger partial charge in [-0.1, -0.05) is 54.1 Å². The van der Waals surface area contributed by atoms with Gasteiger partial charge in [-0.15, -0.1) is 0 Å². The number of benzene rings is 2. The number of carbonyl (C=O) groups excluding carboxylic acids is 1. The van der Waals surface area contributed by atoms with Gasteiger partial charge in [-0.2, -0.15) is 0 Å². The number of para-hydroxylation sites is 1. The first-order valence-corrected chi connectivity index (χ1v) is 8.09. The van der Waals surface area contributed by atoms with Gasteiger partial charge in [0.2, 0.25) is 0 Å². The van der Waals surface area contributed by atoms with Gasteiger partial charge in [0.05, 0.1) is 17.0 Å². The smallest absolute Gasteiger partial charge is 0.262 e. The number of amides is 1. The van der Waals surface area contributed by atoms with Crippen molar-refractivity contribution in [3.63, 3.8) is 0 Å². The number of ether oxygens (including phenoxy) is 1. The molecule has 5 heteroatoms. The Morgan fingerprint density at radius 2 is 1.96 bits per heavy atom. The fourth-order valence-corrected chi connectivity index (χ4v) is 2.43. The van der Waals surface area contributed by atoms with E-state index >= 15 is 0 Å². The molecule has 25 heavy (non-hydrogen) atoms. The Bertz CT molecular complexity index is 778. The van der Waals surface area contributed by atoms with E-state index in [1.54, 1.807) is 18.2 Å². The maximum Gasteiger partial charge on any atom is 0.262 e. The zero-order valence-electron chi connectivity index (χ0n) is 13.8. The Balaban J connectivity index is 2.03. The molecule has 2 rings (SSSR count). The summed E-state index contributed by atoms with van der Waals surface area (Å²) < 4.78 is 5.42. The molecular weight excluding hydrogens is 336 g/mol. The van der Waals surface area contributed by atoms with E-state index in [1.807, 2.05) is 49.4 Å². The van der Waals surface area contributed by atoms with Gasteiger partial charge in [0, 0.05) is 11.8 Å². The molecule has 0 saturated carbocycles. The monoisotopic (exact) mass is 354 g/mol. The van der Waals surface area contributed by atoms with Crippen molar-refractivity contribution in [2.45, 2.75) is 6.92 Å². The van der Waals surface area contributed by atoms with Gasteiger partial charge >= 0.3 is 0 Å². The van der Waals surface area contributed by atoms with Gasteiger partial charge in [-0.25, -0.2) is 0 Å². The summed E-state index contributed by atoms with van der Waals surface area (Å²) in [7, 11) is 0. The average Bonchev–Trinajstić information content (AvgIpc) is 2.62. The third-order valence-electron chi connectivity index (χ3n) is 3.39. The number of carbonyl (C=O) groups is 1. The molecule has 0 unspecified atom stereocenters. The predicted octanol–water partition coefficient (Wildman–Crippen LogP) is 4.85. The van der Waals surface area contributed by atoms with Crippen molar-refractivity contribution in [3.8, 4) is 0 Å². The third-order valence-corrected chi connectivity index (χ3v) is 3.71. The van der Waals surface area contributed by atoms with Gasteiger partial charge in [0.25, 0.3) is 5.91 Å². The summed E-state index contributed by atoms with van der Waals surface area (Å²) in [6.45, 7) is 1.73. The largest absolute Gasteiger partial charge is 0.491 e. The quantitative estimate of drug-likeness (QED) is 0.424. The van der Waals surface area contributed by atoms with E-state index in [0.29, 0.717) is 10.7 Å². The molecule has 0 aliphatic carbocycles. The van der Waals surface area contributed by atoms with Crippen molar-refractivity contribution < 1.29 is 9.53 Å². The highest BCUT2D eigenvalue weighted by Gasteiger charge is 2.08. The maximum absolute atomic E-state index is 12.1. The van der Waals surface area contributed by atoms with Gasteiger partial charge in [-0.05, 0) is 36.3 Å². The molecule has 2 aromatic carbocycles. The summed E-state index contributed by atoms with van der Waals surface area (Å²) in [5.41, 5.74) is 3.18. The topological polar surface area (TPSA) is 62.2 Å². The van der Waals surface area contributed by atoms with Gasteiger partial charge in [-0.3, -0.25) is 4.79 Å². The van der Waals surface area contributed by atoms with Crippen LogP contribution in [0.4, 0.5) is 5.69 Å². The lowest BCUT2D eigenvalue weighted by molar-refractivity contribution is -0.118. The Morgan fingerprint density at radius 3 is 2.64 bits per heavy atom. The van der Waals surface area contributed by atoms with E-state index < -0.39 is 0 Å². The van der Waals surface area contributed by atoms with Crippen molar-refractivity contribution in [1.82, 2.24) is 0 Å². The second kappa shape index (κ2) is 9.45. The van der Waals surface area contributed by atoms with Crippen molar-refractivity contribution in [1.29, 1.82) is 5.41 Å². The fraction of sp³-hybridized carbons (Fsp3) is 0.100. The van der Waals surface area contributed by atoms with Crippen molar-refractivity contribution in [2.24, 2.45) is 0 Å². The third kappa shape index (κ3) is 5.62. The molecule has 0 aliphatic heterocycles. The standard InChI is InChI=1S/C20H19ClN2O2/c1-15-7-5-11-18(21)20(15)23-19(24)14-25-13-17(10-6-12-22)16-8-3-2-4-9-16/h2-13,22H,14H2,1H3,(H,23,24)/b10-6-,17-13+,22-12?. The molecule has 0 radical (unpaired) electrons. The van der Waals surface area contributed by atoms with Gasteiger partial charge < -0.3 is 15.5 Å². The van der Waals surface area contributed by atoms with Crippen LogP contribution < -0.4 is 5.32 Å². The minimum Gasteiger partial charge on any atom is -0.491 e. The molecule has 0 bridgehead atoms. The SMILES string of the molecule is Cc1cccc(Cl)c1NC(=O)CO/C=C(\C=C/C=N)c1ccccc1. The van der Waals surface area contributed by atoms with E-state index in [4.69, 9.17) is 21.7 Å². The summed E-state index contributed by atoms with van der Waals surface area (Å²) in [5, 5.41) is 10.4. The predicted molar refractivity (Wildman–Crippen MR) is 103 cm³/mol. The molecular formula is C20H19ClN2O2. The number of aryl methyl sites for hydroxylation is 1. The second-order valence-corrected chi connectivity index (χ2v) is 5.66. The van der Waals surface area contributed by atoms with Gasteiger partial charge in [0.15, 0.2) is 6.61 Å². The first-order valence-electron chi connectivity index (χ1n) is 7.71. The van der Waals surface area contributed by atoms with Crippen LogP contribution in [0.3, 0.4) is 0 Å². The highest BCUT2D eigenvalue weighted by atomic mass is 35.5. The zero-order chi connectivity index (χ0) is 18.1. The number of hydrogen-bond donors (Lipinski definition) is 2. The van der Waals surface area contributed by atoms with Crippen LogP contribution >= 0.6 is 11.6 Å².